The van der Waals surface area contributed by atoms with Gasteiger partial charge in [-0.2, -0.15) is 0 Å². The molecule has 1 amide bonds. The molecule has 5 heteroatoms. The van der Waals surface area contributed by atoms with E-state index in [1.807, 2.05) is 20.8 Å². The van der Waals surface area contributed by atoms with Gasteiger partial charge in [-0.25, -0.2) is 0 Å². The number of carbonyl (C=O) groups is 1. The molecule has 4 N–H and O–H groups in total. The zero-order valence-electron chi connectivity index (χ0n) is 10.9. The Morgan fingerprint density at radius 3 is 2.72 bits per heavy atom. The fourth-order valence-corrected chi connectivity index (χ4v) is 1.27. The van der Waals surface area contributed by atoms with Gasteiger partial charge >= 0.3 is 0 Å². The first kappa shape index (κ1) is 14.0. The quantitative estimate of drug-likeness (QED) is 0.330. The molecule has 0 fully saturated rings. The van der Waals surface area contributed by atoms with Gasteiger partial charge in [0.25, 0.3) is 0 Å². The summed E-state index contributed by atoms with van der Waals surface area (Å²) in [6.45, 7) is 5.73. The van der Waals surface area contributed by atoms with Gasteiger partial charge in [-0.1, -0.05) is 38.1 Å². The SMILES string of the molecule is CCC(C)(C)C(=O)Nc1cccc(C(N)=NO)c1. The van der Waals surface area contributed by atoms with Gasteiger partial charge < -0.3 is 16.3 Å². The fraction of sp³-hybridized carbons (Fsp3) is 0.385. The van der Waals surface area contributed by atoms with Gasteiger partial charge in [0.1, 0.15) is 0 Å². The van der Waals surface area contributed by atoms with Crippen molar-refractivity contribution < 1.29 is 10.0 Å². The highest BCUT2D eigenvalue weighted by molar-refractivity contribution is 6.00. The average molecular weight is 249 g/mol. The van der Waals surface area contributed by atoms with Gasteiger partial charge in [0.15, 0.2) is 5.84 Å². The van der Waals surface area contributed by atoms with E-state index in [0.29, 0.717) is 11.3 Å². The van der Waals surface area contributed by atoms with Crippen molar-refractivity contribution in [3.8, 4) is 0 Å². The first-order chi connectivity index (χ1) is 8.40. The largest absolute Gasteiger partial charge is 0.409 e. The van der Waals surface area contributed by atoms with Crippen LogP contribution in [0, 0.1) is 5.41 Å². The van der Waals surface area contributed by atoms with Crippen LogP contribution in [0.1, 0.15) is 32.8 Å². The number of nitrogens with one attached hydrogen (secondary N) is 1. The number of amides is 1. The number of carbonyl (C=O) groups excluding carboxylic acids is 1. The Kier molecular flexibility index (Phi) is 4.31. The van der Waals surface area contributed by atoms with E-state index in [1.54, 1.807) is 24.3 Å². The number of nitrogens with zero attached hydrogens (tertiary/aromatic N) is 1. The molecule has 0 unspecified atom stereocenters. The molecule has 0 saturated carbocycles. The molecular formula is C13H19N3O2. The summed E-state index contributed by atoms with van der Waals surface area (Å²) in [5.41, 5.74) is 6.26. The molecule has 0 radical (unpaired) electrons. The van der Waals surface area contributed by atoms with Crippen LogP contribution in [0.2, 0.25) is 0 Å². The van der Waals surface area contributed by atoms with E-state index in [-0.39, 0.29) is 11.7 Å². The van der Waals surface area contributed by atoms with Crippen molar-refractivity contribution in [1.29, 1.82) is 0 Å². The summed E-state index contributed by atoms with van der Waals surface area (Å²) in [5, 5.41) is 14.4. The number of amidine groups is 1. The number of anilines is 1. The number of benzene rings is 1. The Hall–Kier alpha value is -2.04. The second-order valence-electron chi connectivity index (χ2n) is 4.76. The van der Waals surface area contributed by atoms with Crippen molar-refractivity contribution in [1.82, 2.24) is 0 Å². The first-order valence-electron chi connectivity index (χ1n) is 5.80. The zero-order chi connectivity index (χ0) is 13.8. The van der Waals surface area contributed by atoms with E-state index >= 15 is 0 Å². The molecule has 0 atom stereocenters. The first-order valence-corrected chi connectivity index (χ1v) is 5.80. The number of oxime groups is 1. The zero-order valence-corrected chi connectivity index (χ0v) is 10.9. The van der Waals surface area contributed by atoms with Gasteiger partial charge in [-0.3, -0.25) is 4.79 Å². The topological polar surface area (TPSA) is 87.7 Å². The van der Waals surface area contributed by atoms with Gasteiger partial charge in [-0.05, 0) is 18.6 Å². The lowest BCUT2D eigenvalue weighted by atomic mass is 9.89. The molecule has 0 aromatic heterocycles. The van der Waals surface area contributed by atoms with E-state index in [9.17, 15) is 4.79 Å². The maximum atomic E-state index is 12.0. The second-order valence-corrected chi connectivity index (χ2v) is 4.76. The number of rotatable bonds is 4. The second kappa shape index (κ2) is 5.53. The lowest BCUT2D eigenvalue weighted by Crippen LogP contribution is -2.30. The van der Waals surface area contributed by atoms with Crippen molar-refractivity contribution >= 4 is 17.4 Å². The van der Waals surface area contributed by atoms with Crippen LogP contribution in [0.25, 0.3) is 0 Å². The third-order valence-corrected chi connectivity index (χ3v) is 3.02. The van der Waals surface area contributed by atoms with Crippen LogP contribution in [0.4, 0.5) is 5.69 Å². The van der Waals surface area contributed by atoms with E-state index in [1.165, 1.54) is 0 Å². The molecule has 0 aliphatic heterocycles. The summed E-state index contributed by atoms with van der Waals surface area (Å²) in [4.78, 5) is 12.0. The molecule has 1 aromatic rings. The molecule has 1 rings (SSSR count). The Morgan fingerprint density at radius 2 is 2.17 bits per heavy atom. The Bertz CT molecular complexity index is 467. The molecule has 0 saturated heterocycles. The number of hydrogen-bond acceptors (Lipinski definition) is 3. The predicted octanol–water partition coefficient (Wildman–Crippen LogP) is 2.16. The minimum atomic E-state index is -0.424. The molecule has 0 aliphatic rings. The van der Waals surface area contributed by atoms with Crippen LogP contribution in [-0.4, -0.2) is 17.0 Å². The van der Waals surface area contributed by atoms with Gasteiger partial charge in [0.2, 0.25) is 5.91 Å². The van der Waals surface area contributed by atoms with Crippen LogP contribution in [0.5, 0.6) is 0 Å². The van der Waals surface area contributed by atoms with Crippen LogP contribution in [0.15, 0.2) is 29.4 Å². The van der Waals surface area contributed by atoms with E-state index in [2.05, 4.69) is 10.5 Å². The van der Waals surface area contributed by atoms with Crippen LogP contribution >= 0.6 is 0 Å². The summed E-state index contributed by atoms with van der Waals surface area (Å²) in [6, 6.07) is 6.87. The standard InChI is InChI=1S/C13H19N3O2/c1-4-13(2,3)12(17)15-10-7-5-6-9(8-10)11(14)16-18/h5-8,18H,4H2,1-3H3,(H2,14,16)(H,15,17). The maximum absolute atomic E-state index is 12.0. The summed E-state index contributed by atoms with van der Waals surface area (Å²) in [5.74, 6) is -0.0393. The van der Waals surface area contributed by atoms with Gasteiger partial charge in [-0.15, -0.1) is 0 Å². The summed E-state index contributed by atoms with van der Waals surface area (Å²) < 4.78 is 0. The Balaban J connectivity index is 2.90. The summed E-state index contributed by atoms with van der Waals surface area (Å²) >= 11 is 0. The minimum absolute atomic E-state index is 0.0147. The van der Waals surface area contributed by atoms with E-state index in [4.69, 9.17) is 10.9 Å². The van der Waals surface area contributed by atoms with E-state index in [0.717, 1.165) is 6.42 Å². The molecule has 1 aromatic carbocycles. The molecule has 0 heterocycles. The molecule has 5 nitrogen and oxygen atoms in total. The van der Waals surface area contributed by atoms with Crippen LogP contribution in [0.3, 0.4) is 0 Å². The lowest BCUT2D eigenvalue weighted by molar-refractivity contribution is -0.124. The van der Waals surface area contributed by atoms with Crippen LogP contribution < -0.4 is 11.1 Å². The Labute approximate surface area is 107 Å². The van der Waals surface area contributed by atoms with Crippen molar-refractivity contribution in [2.24, 2.45) is 16.3 Å². The van der Waals surface area contributed by atoms with E-state index < -0.39 is 5.41 Å². The lowest BCUT2D eigenvalue weighted by Gasteiger charge is -2.21. The molecule has 0 spiro atoms. The number of hydrogen-bond donors (Lipinski definition) is 3. The highest BCUT2D eigenvalue weighted by atomic mass is 16.4. The molecule has 0 bridgehead atoms. The molecule has 0 aliphatic carbocycles. The van der Waals surface area contributed by atoms with Gasteiger partial charge in [0.05, 0.1) is 0 Å². The van der Waals surface area contributed by atoms with Crippen molar-refractivity contribution in [3.63, 3.8) is 0 Å². The average Bonchev–Trinajstić information content (AvgIpc) is 2.38. The fourth-order valence-electron chi connectivity index (χ4n) is 1.27. The summed E-state index contributed by atoms with van der Waals surface area (Å²) in [6.07, 6.45) is 0.749. The highest BCUT2D eigenvalue weighted by Gasteiger charge is 2.25. The highest BCUT2D eigenvalue weighted by Crippen LogP contribution is 2.22. The predicted molar refractivity (Wildman–Crippen MR) is 71.7 cm³/mol. The minimum Gasteiger partial charge on any atom is -0.409 e. The summed E-state index contributed by atoms with van der Waals surface area (Å²) in [7, 11) is 0. The maximum Gasteiger partial charge on any atom is 0.230 e. The Morgan fingerprint density at radius 1 is 1.50 bits per heavy atom. The molecule has 18 heavy (non-hydrogen) atoms. The van der Waals surface area contributed by atoms with Gasteiger partial charge in [0, 0.05) is 16.7 Å². The normalized spacial score (nSPS) is 12.3. The molecular weight excluding hydrogens is 230 g/mol. The smallest absolute Gasteiger partial charge is 0.230 e. The van der Waals surface area contributed by atoms with Crippen molar-refractivity contribution in [2.75, 3.05) is 5.32 Å². The monoisotopic (exact) mass is 249 g/mol. The van der Waals surface area contributed by atoms with Crippen molar-refractivity contribution in [2.45, 2.75) is 27.2 Å². The van der Waals surface area contributed by atoms with Crippen LogP contribution in [-0.2, 0) is 4.79 Å². The third kappa shape index (κ3) is 3.23. The number of nitrogens with two attached hydrogens (primary N) is 1. The molecule has 98 valence electrons. The third-order valence-electron chi connectivity index (χ3n) is 3.02. The van der Waals surface area contributed by atoms with Crippen molar-refractivity contribution in [3.05, 3.63) is 29.8 Å².